The molecule has 10 heteroatoms. The summed E-state index contributed by atoms with van der Waals surface area (Å²) in [6.45, 7) is 3.12. The number of hydrogen-bond acceptors (Lipinski definition) is 7. The molecule has 4 heterocycles. The van der Waals surface area contributed by atoms with Crippen LogP contribution in [0, 0.1) is 11.6 Å². The number of fused-ring (bicyclic) bond motifs is 1. The lowest BCUT2D eigenvalue weighted by Gasteiger charge is -2.42. The van der Waals surface area contributed by atoms with Crippen LogP contribution in [0.5, 0.6) is 0 Å². The largest absolute Gasteiger partial charge is 0.381 e. The van der Waals surface area contributed by atoms with Crippen molar-refractivity contribution in [2.75, 3.05) is 6.54 Å². The highest BCUT2D eigenvalue weighted by Crippen LogP contribution is 2.37. The van der Waals surface area contributed by atoms with E-state index in [1.54, 1.807) is 22.7 Å². The van der Waals surface area contributed by atoms with E-state index in [1.807, 2.05) is 12.3 Å². The molecule has 2 atom stereocenters. The molecule has 0 fully saturated rings. The molecule has 1 N–H and O–H groups in total. The van der Waals surface area contributed by atoms with E-state index in [9.17, 15) is 13.9 Å². The van der Waals surface area contributed by atoms with Gasteiger partial charge >= 0.3 is 0 Å². The average molecular weight is 474 g/mol. The minimum Gasteiger partial charge on any atom is -0.381 e. The standard InChI is InChI=1S/C22H21F2N5OS2/c1-14(28-6-4-19-20(9-28)32-21(27-19)15-5-7-31-10-15)22(30,11-29-13-25-12-26-29)17-3-2-16(23)8-18(17)24/h2-3,5,7-8,10,12-14,30H,4,6,9,11H2,1H3/t14-,22-/m1/s1. The van der Waals surface area contributed by atoms with Crippen molar-refractivity contribution in [1.29, 1.82) is 0 Å². The number of aliphatic hydroxyl groups is 1. The van der Waals surface area contributed by atoms with Crippen LogP contribution in [0.4, 0.5) is 8.78 Å². The lowest BCUT2D eigenvalue weighted by atomic mass is 9.85. The summed E-state index contributed by atoms with van der Waals surface area (Å²) in [6, 6.07) is 4.87. The molecule has 1 aromatic carbocycles. The minimum atomic E-state index is -1.65. The third-order valence-corrected chi connectivity index (χ3v) is 7.85. The smallest absolute Gasteiger partial charge is 0.137 e. The second kappa shape index (κ2) is 8.43. The van der Waals surface area contributed by atoms with Gasteiger partial charge in [-0.3, -0.25) is 4.90 Å². The molecule has 0 amide bonds. The summed E-state index contributed by atoms with van der Waals surface area (Å²) in [4.78, 5) is 12.0. The van der Waals surface area contributed by atoms with E-state index in [2.05, 4.69) is 26.4 Å². The average Bonchev–Trinajstić information content (AvgIpc) is 3.53. The summed E-state index contributed by atoms with van der Waals surface area (Å²) in [5.41, 5.74) is 0.581. The third-order valence-electron chi connectivity index (χ3n) is 6.03. The second-order valence-corrected chi connectivity index (χ2v) is 9.80. The zero-order valence-electron chi connectivity index (χ0n) is 17.3. The Bertz CT molecular complexity index is 1210. The van der Waals surface area contributed by atoms with E-state index < -0.39 is 23.3 Å². The van der Waals surface area contributed by atoms with Gasteiger partial charge < -0.3 is 5.11 Å². The quantitative estimate of drug-likeness (QED) is 0.457. The summed E-state index contributed by atoms with van der Waals surface area (Å²) in [5.74, 6) is -1.47. The fraction of sp³-hybridized carbons (Fsp3) is 0.318. The molecule has 0 unspecified atom stereocenters. The topological polar surface area (TPSA) is 67.1 Å². The van der Waals surface area contributed by atoms with E-state index in [0.29, 0.717) is 13.1 Å². The summed E-state index contributed by atoms with van der Waals surface area (Å²) < 4.78 is 29.9. The van der Waals surface area contributed by atoms with Crippen LogP contribution in [0.15, 0.2) is 47.7 Å². The zero-order chi connectivity index (χ0) is 22.3. The first kappa shape index (κ1) is 21.3. The lowest BCUT2D eigenvalue weighted by Crippen LogP contribution is -2.53. The molecular weight excluding hydrogens is 452 g/mol. The summed E-state index contributed by atoms with van der Waals surface area (Å²) in [6.07, 6.45) is 3.58. The fourth-order valence-electron chi connectivity index (χ4n) is 4.20. The van der Waals surface area contributed by atoms with Gasteiger partial charge in [0.1, 0.15) is 34.9 Å². The van der Waals surface area contributed by atoms with Gasteiger partial charge in [0.05, 0.1) is 12.2 Å². The zero-order valence-corrected chi connectivity index (χ0v) is 18.9. The van der Waals surface area contributed by atoms with Gasteiger partial charge in [0, 0.05) is 53.0 Å². The van der Waals surface area contributed by atoms with Crippen molar-refractivity contribution in [3.63, 3.8) is 0 Å². The molecule has 0 aliphatic carbocycles. The van der Waals surface area contributed by atoms with Gasteiger partial charge in [0.25, 0.3) is 0 Å². The molecule has 1 aliphatic rings. The first-order valence-electron chi connectivity index (χ1n) is 10.2. The molecule has 0 saturated carbocycles. The van der Waals surface area contributed by atoms with Gasteiger partial charge in [-0.25, -0.2) is 23.4 Å². The lowest BCUT2D eigenvalue weighted by molar-refractivity contribution is -0.0675. The maximum absolute atomic E-state index is 14.8. The Morgan fingerprint density at radius 2 is 2.16 bits per heavy atom. The normalized spacial score (nSPS) is 17.1. The van der Waals surface area contributed by atoms with Crippen LogP contribution in [0.3, 0.4) is 0 Å². The number of rotatable bonds is 6. The van der Waals surface area contributed by atoms with Crippen molar-refractivity contribution in [2.24, 2.45) is 0 Å². The van der Waals surface area contributed by atoms with Gasteiger partial charge in [-0.2, -0.15) is 16.4 Å². The van der Waals surface area contributed by atoms with E-state index in [-0.39, 0.29) is 12.1 Å². The maximum Gasteiger partial charge on any atom is 0.137 e. The summed E-state index contributed by atoms with van der Waals surface area (Å²) in [5, 5.41) is 21.0. The predicted molar refractivity (Wildman–Crippen MR) is 119 cm³/mol. The van der Waals surface area contributed by atoms with Crippen LogP contribution < -0.4 is 0 Å². The highest BCUT2D eigenvalue weighted by atomic mass is 32.1. The number of thiazole rings is 1. The van der Waals surface area contributed by atoms with Crippen molar-refractivity contribution in [1.82, 2.24) is 24.6 Å². The summed E-state index contributed by atoms with van der Waals surface area (Å²) >= 11 is 3.29. The number of hydrogen-bond donors (Lipinski definition) is 1. The van der Waals surface area contributed by atoms with Crippen molar-refractivity contribution in [3.8, 4) is 10.6 Å². The molecule has 0 bridgehead atoms. The van der Waals surface area contributed by atoms with E-state index in [4.69, 9.17) is 4.98 Å². The molecule has 1 aliphatic heterocycles. The number of halogens is 2. The van der Waals surface area contributed by atoms with E-state index in [0.717, 1.165) is 33.6 Å². The van der Waals surface area contributed by atoms with Crippen LogP contribution in [0.25, 0.3) is 10.6 Å². The third kappa shape index (κ3) is 3.88. The maximum atomic E-state index is 14.8. The number of thiophene rings is 1. The Balaban J connectivity index is 1.47. The number of nitrogens with zero attached hydrogens (tertiary/aromatic N) is 5. The van der Waals surface area contributed by atoms with E-state index >= 15 is 0 Å². The molecule has 4 aromatic rings. The van der Waals surface area contributed by atoms with E-state index in [1.165, 1.54) is 29.5 Å². The molecule has 0 saturated heterocycles. The van der Waals surface area contributed by atoms with Crippen LogP contribution in [-0.2, 0) is 25.1 Å². The second-order valence-electron chi connectivity index (χ2n) is 7.94. The SMILES string of the molecule is C[C@@H](N1CCc2nc(-c3ccsc3)sc2C1)[C@](O)(Cn1cncn1)c1ccc(F)cc1F. The van der Waals surface area contributed by atoms with Gasteiger partial charge in [-0.05, 0) is 24.4 Å². The first-order valence-corrected chi connectivity index (χ1v) is 12.0. The number of aromatic nitrogens is 4. The predicted octanol–water partition coefficient (Wildman–Crippen LogP) is 4.08. The molecule has 0 spiro atoms. The first-order chi connectivity index (χ1) is 15.4. The number of benzene rings is 1. The van der Waals surface area contributed by atoms with Gasteiger partial charge in [0.15, 0.2) is 0 Å². The van der Waals surface area contributed by atoms with Crippen molar-refractivity contribution in [3.05, 3.63) is 75.4 Å². The van der Waals surface area contributed by atoms with Crippen molar-refractivity contribution in [2.45, 2.75) is 38.1 Å². The van der Waals surface area contributed by atoms with Gasteiger partial charge in [0.2, 0.25) is 0 Å². The van der Waals surface area contributed by atoms with Crippen LogP contribution in [-0.4, -0.2) is 42.3 Å². The van der Waals surface area contributed by atoms with Crippen LogP contribution in [0.1, 0.15) is 23.1 Å². The Kier molecular flexibility index (Phi) is 5.62. The highest BCUT2D eigenvalue weighted by Gasteiger charge is 2.43. The summed E-state index contributed by atoms with van der Waals surface area (Å²) in [7, 11) is 0. The molecule has 5 rings (SSSR count). The van der Waals surface area contributed by atoms with Gasteiger partial charge in [-0.15, -0.1) is 11.3 Å². The monoisotopic (exact) mass is 473 g/mol. The Morgan fingerprint density at radius 3 is 2.88 bits per heavy atom. The van der Waals surface area contributed by atoms with Crippen LogP contribution in [0.2, 0.25) is 0 Å². The molecule has 166 valence electrons. The minimum absolute atomic E-state index is 0.0110. The Hall–Kier alpha value is -2.53. The molecule has 3 aromatic heterocycles. The molecular formula is C22H21F2N5OS2. The highest BCUT2D eigenvalue weighted by molar-refractivity contribution is 7.15. The van der Waals surface area contributed by atoms with Crippen molar-refractivity contribution >= 4 is 22.7 Å². The van der Waals surface area contributed by atoms with Gasteiger partial charge in [-0.1, -0.05) is 6.07 Å². The van der Waals surface area contributed by atoms with Crippen LogP contribution >= 0.6 is 22.7 Å². The molecule has 6 nitrogen and oxygen atoms in total. The Labute approximate surface area is 191 Å². The van der Waals surface area contributed by atoms with Crippen molar-refractivity contribution < 1.29 is 13.9 Å². The molecule has 0 radical (unpaired) electrons. The fourth-order valence-corrected chi connectivity index (χ4v) is 6.05. The Morgan fingerprint density at radius 1 is 1.28 bits per heavy atom. The molecule has 32 heavy (non-hydrogen) atoms.